The minimum absolute atomic E-state index is 0.625. The van der Waals surface area contributed by atoms with E-state index in [9.17, 15) is 5.26 Å². The van der Waals surface area contributed by atoms with Crippen LogP contribution in [0.1, 0.15) is 16.7 Å². The van der Waals surface area contributed by atoms with E-state index in [0.29, 0.717) is 5.56 Å². The van der Waals surface area contributed by atoms with Crippen LogP contribution in [0.15, 0.2) is 152 Å². The van der Waals surface area contributed by atoms with Gasteiger partial charge in [-0.1, -0.05) is 114 Å². The van der Waals surface area contributed by atoms with Crippen molar-refractivity contribution >= 4 is 21.8 Å². The lowest BCUT2D eigenvalue weighted by Gasteiger charge is -2.18. The van der Waals surface area contributed by atoms with E-state index in [4.69, 9.17) is 0 Å². The van der Waals surface area contributed by atoms with Crippen molar-refractivity contribution in [2.24, 2.45) is 0 Å². The number of hydrogen-bond donors (Lipinski definition) is 0. The van der Waals surface area contributed by atoms with Crippen LogP contribution >= 0.6 is 0 Å². The van der Waals surface area contributed by atoms with Gasteiger partial charge in [-0.25, -0.2) is 0 Å². The fraction of sp³-hybridized carbons (Fsp3) is 0.0455. The van der Waals surface area contributed by atoms with Crippen LogP contribution in [0.2, 0.25) is 0 Å². The first kappa shape index (κ1) is 28.2. The maximum absolute atomic E-state index is 10.4. The number of rotatable bonds is 5. The molecule has 0 saturated carbocycles. The number of fused-ring (bicyclic) bond motifs is 3. The Kier molecular flexibility index (Phi) is 6.97. The second-order valence-electron chi connectivity index (χ2n) is 12.2. The van der Waals surface area contributed by atoms with Crippen molar-refractivity contribution in [1.29, 1.82) is 5.26 Å². The van der Waals surface area contributed by atoms with Gasteiger partial charge in [-0.2, -0.15) is 5.26 Å². The van der Waals surface area contributed by atoms with E-state index < -0.39 is 0 Å². The highest BCUT2D eigenvalue weighted by Crippen LogP contribution is 2.41. The number of nitriles is 1. The molecule has 0 N–H and O–H groups in total. The summed E-state index contributed by atoms with van der Waals surface area (Å²) in [5, 5.41) is 12.8. The number of aromatic nitrogens is 2. The first-order valence-corrected chi connectivity index (χ1v) is 15.8. The molecule has 0 unspecified atom stereocenters. The maximum Gasteiger partial charge on any atom is 0.0998 e. The average molecular weight is 602 g/mol. The molecule has 3 nitrogen and oxygen atoms in total. The maximum atomic E-state index is 10.4. The van der Waals surface area contributed by atoms with Gasteiger partial charge in [0.25, 0.3) is 0 Å². The molecule has 0 fully saturated rings. The van der Waals surface area contributed by atoms with E-state index in [1.165, 1.54) is 33.0 Å². The summed E-state index contributed by atoms with van der Waals surface area (Å²) in [6.07, 6.45) is 3.56. The minimum atomic E-state index is 0.625. The van der Waals surface area contributed by atoms with E-state index in [2.05, 4.69) is 145 Å². The fourth-order valence-electron chi connectivity index (χ4n) is 6.77. The van der Waals surface area contributed by atoms with E-state index in [1.54, 1.807) is 12.4 Å². The molecule has 2 aromatic heterocycles. The number of hydrogen-bond acceptors (Lipinski definition) is 2. The molecular formula is C44H31N3. The topological polar surface area (TPSA) is 41.6 Å². The molecule has 8 aromatic rings. The molecule has 0 radical (unpaired) electrons. The summed E-state index contributed by atoms with van der Waals surface area (Å²) in [4.78, 5) is 4.25. The van der Waals surface area contributed by atoms with Crippen molar-refractivity contribution in [1.82, 2.24) is 9.55 Å². The van der Waals surface area contributed by atoms with Crippen LogP contribution < -0.4 is 0 Å². The SMILES string of the molecule is Cc1cccc(-c2ccc3c4ccc(-c5cccc(C)c5)cc4n(-c4cc(-c5ccncc5)c(C#N)cc4-c4ccccc4)c3c2)c1. The zero-order valence-corrected chi connectivity index (χ0v) is 26.3. The molecule has 0 bridgehead atoms. The summed E-state index contributed by atoms with van der Waals surface area (Å²) in [5.41, 5.74) is 14.9. The predicted molar refractivity (Wildman–Crippen MR) is 195 cm³/mol. The third-order valence-corrected chi connectivity index (χ3v) is 9.04. The average Bonchev–Trinajstić information content (AvgIpc) is 3.44. The summed E-state index contributed by atoms with van der Waals surface area (Å²) < 4.78 is 2.40. The summed E-state index contributed by atoms with van der Waals surface area (Å²) in [5.74, 6) is 0. The Balaban J connectivity index is 1.51. The van der Waals surface area contributed by atoms with Crippen LogP contribution in [-0.4, -0.2) is 9.55 Å². The second kappa shape index (κ2) is 11.6. The second-order valence-corrected chi connectivity index (χ2v) is 12.2. The first-order valence-electron chi connectivity index (χ1n) is 15.8. The lowest BCUT2D eigenvalue weighted by molar-refractivity contribution is 1.18. The van der Waals surface area contributed by atoms with Gasteiger partial charge in [0.15, 0.2) is 0 Å². The molecule has 6 aromatic carbocycles. The van der Waals surface area contributed by atoms with Gasteiger partial charge in [-0.3, -0.25) is 4.98 Å². The zero-order chi connectivity index (χ0) is 31.9. The Morgan fingerprint density at radius 2 is 1.02 bits per heavy atom. The van der Waals surface area contributed by atoms with Crippen molar-refractivity contribution in [3.05, 3.63) is 169 Å². The van der Waals surface area contributed by atoms with E-state index in [-0.39, 0.29) is 0 Å². The van der Waals surface area contributed by atoms with Crippen molar-refractivity contribution in [3.63, 3.8) is 0 Å². The molecule has 47 heavy (non-hydrogen) atoms. The van der Waals surface area contributed by atoms with Gasteiger partial charge in [0, 0.05) is 34.3 Å². The molecule has 8 rings (SSSR count). The molecule has 0 aliphatic rings. The number of pyridine rings is 1. The van der Waals surface area contributed by atoms with Gasteiger partial charge in [-0.05, 0) is 83.6 Å². The Labute approximate surface area is 274 Å². The van der Waals surface area contributed by atoms with Crippen LogP contribution in [0.25, 0.3) is 72.0 Å². The smallest absolute Gasteiger partial charge is 0.0998 e. The van der Waals surface area contributed by atoms with Gasteiger partial charge in [0.2, 0.25) is 0 Å². The molecule has 0 spiro atoms. The molecule has 2 heterocycles. The summed E-state index contributed by atoms with van der Waals surface area (Å²) in [6, 6.07) is 52.0. The van der Waals surface area contributed by atoms with E-state index in [0.717, 1.165) is 50.1 Å². The summed E-state index contributed by atoms with van der Waals surface area (Å²) in [6.45, 7) is 4.27. The lowest BCUT2D eigenvalue weighted by Crippen LogP contribution is -2.00. The van der Waals surface area contributed by atoms with Crippen molar-refractivity contribution in [3.8, 4) is 56.3 Å². The van der Waals surface area contributed by atoms with Crippen LogP contribution in [0.5, 0.6) is 0 Å². The number of aryl methyl sites for hydroxylation is 2. The predicted octanol–water partition coefficient (Wildman–Crippen LogP) is 11.3. The Bertz CT molecular complexity index is 2380. The molecule has 0 amide bonds. The molecule has 0 atom stereocenters. The normalized spacial score (nSPS) is 11.2. The monoisotopic (exact) mass is 601 g/mol. The largest absolute Gasteiger partial charge is 0.309 e. The molecular weight excluding hydrogens is 571 g/mol. The zero-order valence-electron chi connectivity index (χ0n) is 26.3. The molecule has 0 aliphatic carbocycles. The first-order chi connectivity index (χ1) is 23.1. The van der Waals surface area contributed by atoms with Crippen LogP contribution in [0.4, 0.5) is 0 Å². The molecule has 0 saturated heterocycles. The Hall–Kier alpha value is -6.24. The van der Waals surface area contributed by atoms with Crippen molar-refractivity contribution in [2.75, 3.05) is 0 Å². The third kappa shape index (κ3) is 5.07. The Morgan fingerprint density at radius 3 is 1.57 bits per heavy atom. The molecule has 222 valence electrons. The fourth-order valence-corrected chi connectivity index (χ4v) is 6.77. The minimum Gasteiger partial charge on any atom is -0.309 e. The van der Waals surface area contributed by atoms with Crippen LogP contribution in [-0.2, 0) is 0 Å². The van der Waals surface area contributed by atoms with Gasteiger partial charge in [0.1, 0.15) is 0 Å². The number of nitrogens with zero attached hydrogens (tertiary/aromatic N) is 3. The lowest BCUT2D eigenvalue weighted by atomic mass is 9.93. The van der Waals surface area contributed by atoms with E-state index in [1.807, 2.05) is 24.3 Å². The molecule has 0 aliphatic heterocycles. The standard InChI is InChI=1S/C44H31N3/c1-29-8-6-12-33(22-29)35-14-16-38-39-17-15-36(34-13-7-9-30(2)23-34)26-43(39)47(42(38)25-35)44-27-40(32-18-20-46-21-19-32)37(28-45)24-41(44)31-10-4-3-5-11-31/h3-27H,1-2H3. The summed E-state index contributed by atoms with van der Waals surface area (Å²) in [7, 11) is 0. The van der Waals surface area contributed by atoms with E-state index >= 15 is 0 Å². The van der Waals surface area contributed by atoms with Gasteiger partial charge in [-0.15, -0.1) is 0 Å². The highest BCUT2D eigenvalue weighted by molar-refractivity contribution is 6.12. The summed E-state index contributed by atoms with van der Waals surface area (Å²) >= 11 is 0. The highest BCUT2D eigenvalue weighted by atomic mass is 15.0. The third-order valence-electron chi connectivity index (χ3n) is 9.04. The van der Waals surface area contributed by atoms with Crippen molar-refractivity contribution in [2.45, 2.75) is 13.8 Å². The van der Waals surface area contributed by atoms with Gasteiger partial charge < -0.3 is 4.57 Å². The quantitative estimate of drug-likeness (QED) is 0.197. The number of benzene rings is 6. The molecule has 3 heteroatoms. The van der Waals surface area contributed by atoms with Crippen molar-refractivity contribution < 1.29 is 0 Å². The van der Waals surface area contributed by atoms with Gasteiger partial charge >= 0.3 is 0 Å². The van der Waals surface area contributed by atoms with Gasteiger partial charge in [0.05, 0.1) is 28.4 Å². The Morgan fingerprint density at radius 1 is 0.489 bits per heavy atom. The van der Waals surface area contributed by atoms with Crippen LogP contribution in [0, 0.1) is 25.2 Å². The van der Waals surface area contributed by atoms with Crippen LogP contribution in [0.3, 0.4) is 0 Å². The highest BCUT2D eigenvalue weighted by Gasteiger charge is 2.20.